The molecule has 1 aliphatic rings. The smallest absolute Gasteiger partial charge is 0.313 e. The van der Waals surface area contributed by atoms with E-state index in [9.17, 15) is 13.2 Å². The number of anilines is 2. The number of unbranched alkanes of at least 4 members (excludes halogenated alkanes) is 1. The van der Waals surface area contributed by atoms with Crippen molar-refractivity contribution in [3.8, 4) is 0 Å². The van der Waals surface area contributed by atoms with Crippen LogP contribution in [0.25, 0.3) is 0 Å². The van der Waals surface area contributed by atoms with Crippen LogP contribution in [0.1, 0.15) is 38.7 Å². The Morgan fingerprint density at radius 2 is 1.94 bits per heavy atom. The number of benzene rings is 2. The molecule has 0 fully saturated rings. The molecule has 0 aliphatic carbocycles. The van der Waals surface area contributed by atoms with Crippen LogP contribution >= 0.6 is 23.5 Å². The second-order valence-corrected chi connectivity index (χ2v) is 12.4. The van der Waals surface area contributed by atoms with E-state index in [1.54, 1.807) is 17.8 Å². The molecule has 0 spiro atoms. The second kappa shape index (κ2) is 10.5. The van der Waals surface area contributed by atoms with Crippen molar-refractivity contribution < 1.29 is 18.3 Å². The van der Waals surface area contributed by atoms with Gasteiger partial charge in [-0.1, -0.05) is 44.9 Å². The van der Waals surface area contributed by atoms with Crippen molar-refractivity contribution in [1.82, 2.24) is 0 Å². The Morgan fingerprint density at radius 1 is 1.22 bits per heavy atom. The van der Waals surface area contributed by atoms with Crippen LogP contribution in [0.2, 0.25) is 0 Å². The van der Waals surface area contributed by atoms with Crippen LogP contribution in [-0.4, -0.2) is 43.8 Å². The molecule has 1 aliphatic heterocycles. The summed E-state index contributed by atoms with van der Waals surface area (Å²) in [6.07, 6.45) is 4.82. The van der Waals surface area contributed by atoms with Crippen molar-refractivity contribution in [3.05, 3.63) is 48.0 Å². The van der Waals surface area contributed by atoms with E-state index >= 15 is 0 Å². The first-order valence-electron chi connectivity index (χ1n) is 10.7. The summed E-state index contributed by atoms with van der Waals surface area (Å²) in [7, 11) is -3.52. The molecule has 1 heterocycles. The minimum Gasteiger partial charge on any atom is -0.481 e. The normalized spacial score (nSPS) is 19.9. The molecule has 8 heteroatoms. The van der Waals surface area contributed by atoms with Gasteiger partial charge in [-0.25, -0.2) is 8.42 Å². The number of carboxylic acid groups (broad SMARTS) is 1. The number of fused-ring (bicyclic) bond motifs is 1. The number of carboxylic acids is 1. The average molecular weight is 494 g/mol. The van der Waals surface area contributed by atoms with Crippen molar-refractivity contribution in [2.24, 2.45) is 5.41 Å². The van der Waals surface area contributed by atoms with Crippen molar-refractivity contribution in [1.29, 1.82) is 0 Å². The topological polar surface area (TPSA) is 74.7 Å². The number of hydrogen-bond donors (Lipinski definition) is 1. The van der Waals surface area contributed by atoms with Gasteiger partial charge in [-0.3, -0.25) is 4.79 Å². The van der Waals surface area contributed by atoms with Gasteiger partial charge in [0.25, 0.3) is 0 Å². The molecule has 1 N–H and O–H groups in total. The first-order chi connectivity index (χ1) is 15.2. The van der Waals surface area contributed by atoms with Crippen LogP contribution in [0.3, 0.4) is 0 Å². The van der Waals surface area contributed by atoms with Crippen LogP contribution < -0.4 is 4.90 Å². The number of aliphatic carboxylic acids is 1. The van der Waals surface area contributed by atoms with Crippen LogP contribution in [0.15, 0.2) is 52.3 Å². The Bertz CT molecular complexity index is 1060. The molecule has 2 aromatic rings. The number of hydrogen-bond acceptors (Lipinski definition) is 6. The van der Waals surface area contributed by atoms with Crippen LogP contribution in [0, 0.1) is 5.41 Å². The lowest BCUT2D eigenvalue weighted by Gasteiger charge is -2.34. The van der Waals surface area contributed by atoms with Gasteiger partial charge in [-0.15, -0.1) is 23.5 Å². The van der Waals surface area contributed by atoms with E-state index in [-0.39, 0.29) is 16.9 Å². The third kappa shape index (κ3) is 5.83. The maximum atomic E-state index is 13.6. The quantitative estimate of drug-likeness (QED) is 0.439. The number of rotatable bonds is 9. The summed E-state index contributed by atoms with van der Waals surface area (Å²) in [4.78, 5) is 14.4. The number of nitrogens with zero attached hydrogens (tertiary/aromatic N) is 1. The summed E-state index contributed by atoms with van der Waals surface area (Å²) in [5.41, 5.74) is 2.19. The summed E-state index contributed by atoms with van der Waals surface area (Å²) < 4.78 is 27.3. The van der Waals surface area contributed by atoms with Crippen molar-refractivity contribution in [2.75, 3.05) is 29.2 Å². The van der Waals surface area contributed by atoms with Crippen LogP contribution in [0.4, 0.5) is 11.4 Å². The molecule has 174 valence electrons. The summed E-state index contributed by atoms with van der Waals surface area (Å²) >= 11 is 2.85. The van der Waals surface area contributed by atoms with Gasteiger partial charge < -0.3 is 10.0 Å². The second-order valence-electron chi connectivity index (χ2n) is 8.61. The molecule has 0 bridgehead atoms. The van der Waals surface area contributed by atoms with E-state index in [1.807, 2.05) is 42.7 Å². The standard InChI is InChI=1S/C24H31NO4S3/c1-4-5-11-24(2)16-25(19-9-7-6-8-10-19)20-13-21(30-3)18(14-31-15-23(26)27)12-22(20)32(28,29)17-24/h6-10,12-13H,4-5,11,14-17H2,1-3H3,(H,26,27). The predicted molar refractivity (Wildman–Crippen MR) is 135 cm³/mol. The summed E-state index contributed by atoms with van der Waals surface area (Å²) in [6.45, 7) is 4.84. The number of para-hydroxylation sites is 1. The van der Waals surface area contributed by atoms with Gasteiger partial charge in [0.15, 0.2) is 9.84 Å². The van der Waals surface area contributed by atoms with Gasteiger partial charge in [-0.05, 0) is 47.9 Å². The molecule has 1 unspecified atom stereocenters. The van der Waals surface area contributed by atoms with Gasteiger partial charge in [0.2, 0.25) is 0 Å². The fraction of sp³-hybridized carbons (Fsp3) is 0.458. The Morgan fingerprint density at radius 3 is 2.56 bits per heavy atom. The van der Waals surface area contributed by atoms with Crippen LogP contribution in [0.5, 0.6) is 0 Å². The predicted octanol–water partition coefficient (Wildman–Crippen LogP) is 5.85. The largest absolute Gasteiger partial charge is 0.481 e. The average Bonchev–Trinajstić information content (AvgIpc) is 2.84. The minimum atomic E-state index is -3.52. The van der Waals surface area contributed by atoms with E-state index in [2.05, 4.69) is 18.7 Å². The van der Waals surface area contributed by atoms with E-state index in [0.717, 1.165) is 35.4 Å². The Hall–Kier alpha value is -1.64. The van der Waals surface area contributed by atoms with E-state index in [1.165, 1.54) is 11.8 Å². The molecule has 0 aromatic heterocycles. The zero-order valence-electron chi connectivity index (χ0n) is 18.8. The highest BCUT2D eigenvalue weighted by Crippen LogP contribution is 2.44. The summed E-state index contributed by atoms with van der Waals surface area (Å²) in [6, 6.07) is 13.7. The summed E-state index contributed by atoms with van der Waals surface area (Å²) in [5.74, 6) is -0.312. The molecule has 5 nitrogen and oxygen atoms in total. The lowest BCUT2D eigenvalue weighted by Crippen LogP contribution is -2.35. The van der Waals surface area contributed by atoms with Crippen molar-refractivity contribution >= 4 is 50.7 Å². The van der Waals surface area contributed by atoms with E-state index in [4.69, 9.17) is 5.11 Å². The molecule has 0 saturated heterocycles. The SMILES string of the molecule is CCCCC1(C)CN(c2ccccc2)c2cc(SC)c(CSCC(=O)O)cc2S(=O)(=O)C1. The number of carbonyl (C=O) groups is 1. The molecule has 0 saturated carbocycles. The minimum absolute atomic E-state index is 0.0110. The monoisotopic (exact) mass is 493 g/mol. The fourth-order valence-electron chi connectivity index (χ4n) is 4.24. The van der Waals surface area contributed by atoms with E-state index < -0.39 is 15.8 Å². The molecular weight excluding hydrogens is 462 g/mol. The van der Waals surface area contributed by atoms with Gasteiger partial charge >= 0.3 is 5.97 Å². The lowest BCUT2D eigenvalue weighted by molar-refractivity contribution is -0.133. The molecule has 1 atom stereocenters. The first-order valence-corrected chi connectivity index (χ1v) is 14.8. The Balaban J connectivity index is 2.15. The van der Waals surface area contributed by atoms with Gasteiger partial charge in [0.05, 0.1) is 22.1 Å². The highest BCUT2D eigenvalue weighted by Gasteiger charge is 2.39. The molecule has 32 heavy (non-hydrogen) atoms. The van der Waals surface area contributed by atoms with E-state index in [0.29, 0.717) is 22.9 Å². The zero-order valence-corrected chi connectivity index (χ0v) is 21.3. The maximum absolute atomic E-state index is 13.6. The third-order valence-electron chi connectivity index (χ3n) is 5.75. The Kier molecular flexibility index (Phi) is 8.22. The molecule has 0 amide bonds. The summed E-state index contributed by atoms with van der Waals surface area (Å²) in [5, 5.41) is 8.99. The van der Waals surface area contributed by atoms with Crippen LogP contribution in [-0.2, 0) is 20.4 Å². The fourth-order valence-corrected chi connectivity index (χ4v) is 7.81. The lowest BCUT2D eigenvalue weighted by atomic mass is 9.86. The maximum Gasteiger partial charge on any atom is 0.313 e. The van der Waals surface area contributed by atoms with Crippen molar-refractivity contribution in [2.45, 2.75) is 48.7 Å². The van der Waals surface area contributed by atoms with Gasteiger partial charge in [0, 0.05) is 22.9 Å². The molecule has 0 radical (unpaired) electrons. The molecule has 3 rings (SSSR count). The highest BCUT2D eigenvalue weighted by molar-refractivity contribution is 7.99. The number of thioether (sulfide) groups is 2. The highest BCUT2D eigenvalue weighted by atomic mass is 32.2. The third-order valence-corrected chi connectivity index (χ3v) is 9.61. The number of sulfone groups is 1. The van der Waals surface area contributed by atoms with Gasteiger partial charge in [0.1, 0.15) is 0 Å². The molecular formula is C24H31NO4S3. The first kappa shape index (κ1) is 25.0. The van der Waals surface area contributed by atoms with Gasteiger partial charge in [-0.2, -0.15) is 0 Å². The van der Waals surface area contributed by atoms with Crippen molar-refractivity contribution in [3.63, 3.8) is 0 Å². The zero-order chi connectivity index (χ0) is 23.4. The molecule has 2 aromatic carbocycles. The Labute approximate surface area is 199 Å².